The molecular weight excluding hydrogens is 695 g/mol. The standard InChI is InChI=1S/C49H41N3O4/c1-55-43-24-22-42(23-25-43)52-30-28-51(29-31-52)41-20-16-39(17-21-41)49(38-10-6-3-7-11-38)27-26-36-12-13-37-32-45(46(53)33-44(37)47(36)56-49)48(54)50-40-18-14-35(15-19-40)34-8-4-2-5-9-34/h2-27,32-33,53H,28-31H2,1H3,(H,50,54). The van der Waals surface area contributed by atoms with E-state index in [2.05, 4.69) is 75.8 Å². The summed E-state index contributed by atoms with van der Waals surface area (Å²) in [5.74, 6) is 0.995. The first-order valence-corrected chi connectivity index (χ1v) is 18.9. The molecule has 1 atom stereocenters. The number of ether oxygens (including phenoxy) is 2. The van der Waals surface area contributed by atoms with Crippen LogP contribution in [0.15, 0.2) is 164 Å². The van der Waals surface area contributed by atoms with Crippen molar-refractivity contribution in [2.45, 2.75) is 5.60 Å². The highest BCUT2D eigenvalue weighted by Gasteiger charge is 2.38. The Morgan fingerprint density at radius 3 is 1.91 bits per heavy atom. The molecule has 2 aliphatic heterocycles. The van der Waals surface area contributed by atoms with E-state index < -0.39 is 11.5 Å². The van der Waals surface area contributed by atoms with Crippen molar-refractivity contribution in [1.82, 2.24) is 0 Å². The SMILES string of the molecule is COc1ccc(N2CCN(c3ccc(C4(c5ccccc5)C=Cc5ccc6cc(C(=O)Nc7ccc(-c8ccccc8)cc7)c(O)cc6c5O4)cc3)CC2)cc1. The highest BCUT2D eigenvalue weighted by molar-refractivity contribution is 6.09. The highest BCUT2D eigenvalue weighted by atomic mass is 16.5. The maximum absolute atomic E-state index is 13.5. The second-order valence-corrected chi connectivity index (χ2v) is 14.2. The average Bonchev–Trinajstić information content (AvgIpc) is 3.27. The molecule has 0 aromatic heterocycles. The van der Waals surface area contributed by atoms with Crippen molar-refractivity contribution in [1.29, 1.82) is 0 Å². The minimum atomic E-state index is -0.925. The zero-order chi connectivity index (χ0) is 38.1. The molecular formula is C49H41N3O4. The van der Waals surface area contributed by atoms with E-state index in [1.165, 1.54) is 11.4 Å². The van der Waals surface area contributed by atoms with Crippen molar-refractivity contribution in [3.8, 4) is 28.4 Å². The maximum Gasteiger partial charge on any atom is 0.259 e. The second kappa shape index (κ2) is 14.7. The van der Waals surface area contributed by atoms with Crippen LogP contribution in [0.25, 0.3) is 28.0 Å². The van der Waals surface area contributed by atoms with Gasteiger partial charge in [0.25, 0.3) is 5.91 Å². The number of aromatic hydroxyl groups is 1. The predicted octanol–water partition coefficient (Wildman–Crippen LogP) is 10.1. The molecule has 9 rings (SSSR count). The lowest BCUT2D eigenvalue weighted by Crippen LogP contribution is -2.46. The molecule has 7 nitrogen and oxygen atoms in total. The Hall–Kier alpha value is -6.99. The molecule has 1 saturated heterocycles. The molecule has 7 aromatic rings. The third kappa shape index (κ3) is 6.58. The lowest BCUT2D eigenvalue weighted by Gasteiger charge is -2.38. The van der Waals surface area contributed by atoms with Gasteiger partial charge in [-0.1, -0.05) is 103 Å². The lowest BCUT2D eigenvalue weighted by atomic mass is 9.83. The van der Waals surface area contributed by atoms with Crippen molar-refractivity contribution in [2.24, 2.45) is 0 Å². The van der Waals surface area contributed by atoms with E-state index in [4.69, 9.17) is 9.47 Å². The number of carbonyl (C=O) groups is 1. The van der Waals surface area contributed by atoms with Crippen LogP contribution < -0.4 is 24.6 Å². The maximum atomic E-state index is 13.5. The lowest BCUT2D eigenvalue weighted by molar-refractivity contribution is 0.102. The summed E-state index contributed by atoms with van der Waals surface area (Å²) in [7, 11) is 1.69. The van der Waals surface area contributed by atoms with Crippen LogP contribution in [0.4, 0.5) is 17.1 Å². The van der Waals surface area contributed by atoms with E-state index in [0.717, 1.165) is 70.5 Å². The molecule has 2 aliphatic rings. The molecule has 0 radical (unpaired) electrons. The van der Waals surface area contributed by atoms with Crippen molar-refractivity contribution >= 4 is 39.8 Å². The Morgan fingerprint density at radius 1 is 0.679 bits per heavy atom. The molecule has 0 saturated carbocycles. The van der Waals surface area contributed by atoms with E-state index in [0.29, 0.717) is 11.4 Å². The number of hydrogen-bond acceptors (Lipinski definition) is 6. The Labute approximate surface area is 326 Å². The fraction of sp³-hybridized carbons (Fsp3) is 0.122. The zero-order valence-corrected chi connectivity index (χ0v) is 31.1. The zero-order valence-electron chi connectivity index (χ0n) is 31.1. The van der Waals surface area contributed by atoms with Gasteiger partial charge in [-0.15, -0.1) is 0 Å². The number of benzene rings is 7. The van der Waals surface area contributed by atoms with Gasteiger partial charge in [0.15, 0.2) is 5.60 Å². The number of nitrogens with one attached hydrogen (secondary N) is 1. The molecule has 2 N–H and O–H groups in total. The van der Waals surface area contributed by atoms with E-state index in [-0.39, 0.29) is 11.3 Å². The molecule has 1 fully saturated rings. The van der Waals surface area contributed by atoms with Crippen molar-refractivity contribution in [3.63, 3.8) is 0 Å². The largest absolute Gasteiger partial charge is 0.507 e. The van der Waals surface area contributed by atoms with Crippen LogP contribution in [0.3, 0.4) is 0 Å². The van der Waals surface area contributed by atoms with Gasteiger partial charge in [0, 0.05) is 65.3 Å². The summed E-state index contributed by atoms with van der Waals surface area (Å²) in [6, 6.07) is 52.3. The van der Waals surface area contributed by atoms with Crippen molar-refractivity contribution in [3.05, 3.63) is 186 Å². The van der Waals surface area contributed by atoms with Crippen molar-refractivity contribution in [2.75, 3.05) is 48.4 Å². The third-order valence-electron chi connectivity index (χ3n) is 11.0. The first-order chi connectivity index (χ1) is 27.5. The van der Waals surface area contributed by atoms with Gasteiger partial charge in [-0.3, -0.25) is 4.79 Å². The molecule has 276 valence electrons. The summed E-state index contributed by atoms with van der Waals surface area (Å²) in [5.41, 5.74) is 7.29. The second-order valence-electron chi connectivity index (χ2n) is 14.2. The highest BCUT2D eigenvalue weighted by Crippen LogP contribution is 2.46. The molecule has 56 heavy (non-hydrogen) atoms. The van der Waals surface area contributed by atoms with Crippen LogP contribution >= 0.6 is 0 Å². The van der Waals surface area contributed by atoms with Gasteiger partial charge >= 0.3 is 0 Å². The minimum Gasteiger partial charge on any atom is -0.507 e. The van der Waals surface area contributed by atoms with Crippen LogP contribution in [0.1, 0.15) is 27.0 Å². The third-order valence-corrected chi connectivity index (χ3v) is 11.0. The topological polar surface area (TPSA) is 74.3 Å². The molecule has 1 amide bonds. The minimum absolute atomic E-state index is 0.121. The van der Waals surface area contributed by atoms with Crippen LogP contribution in [0, 0.1) is 0 Å². The summed E-state index contributed by atoms with van der Waals surface area (Å²) in [4.78, 5) is 18.4. The number of nitrogens with zero attached hydrogens (tertiary/aromatic N) is 2. The Balaban J connectivity index is 0.973. The quantitative estimate of drug-likeness (QED) is 0.162. The first-order valence-electron chi connectivity index (χ1n) is 18.9. The number of phenolic OH excluding ortho intramolecular Hbond substituents is 1. The fourth-order valence-corrected chi connectivity index (χ4v) is 7.85. The van der Waals surface area contributed by atoms with Gasteiger partial charge in [-0.05, 0) is 83.3 Å². The van der Waals surface area contributed by atoms with Crippen LogP contribution in [-0.4, -0.2) is 44.3 Å². The predicted molar refractivity (Wildman–Crippen MR) is 226 cm³/mol. The molecule has 7 heteroatoms. The normalized spacial score (nSPS) is 16.2. The average molecular weight is 736 g/mol. The Kier molecular flexibility index (Phi) is 9.11. The van der Waals surface area contributed by atoms with Crippen LogP contribution in [-0.2, 0) is 5.60 Å². The number of amides is 1. The summed E-state index contributed by atoms with van der Waals surface area (Å²) in [5, 5.41) is 15.8. The van der Waals surface area contributed by atoms with Crippen LogP contribution in [0.5, 0.6) is 17.2 Å². The van der Waals surface area contributed by atoms with Crippen molar-refractivity contribution < 1.29 is 19.4 Å². The van der Waals surface area contributed by atoms with Gasteiger partial charge in [0.05, 0.1) is 12.7 Å². The number of piperazine rings is 1. The number of fused-ring (bicyclic) bond motifs is 3. The number of methoxy groups -OCH3 is 1. The molecule has 1 unspecified atom stereocenters. The van der Waals surface area contributed by atoms with E-state index in [1.807, 2.05) is 97.1 Å². The van der Waals surface area contributed by atoms with Gasteiger partial charge in [-0.2, -0.15) is 0 Å². The number of hydrogen-bond donors (Lipinski definition) is 2. The summed E-state index contributed by atoms with van der Waals surface area (Å²) >= 11 is 0. The molecule has 0 aliphatic carbocycles. The van der Waals surface area contributed by atoms with Gasteiger partial charge < -0.3 is 29.7 Å². The molecule has 0 spiro atoms. The van der Waals surface area contributed by atoms with E-state index in [1.54, 1.807) is 19.2 Å². The molecule has 2 heterocycles. The monoisotopic (exact) mass is 735 g/mol. The Bertz CT molecular complexity index is 2530. The Morgan fingerprint density at radius 2 is 1.27 bits per heavy atom. The van der Waals surface area contributed by atoms with Crippen LogP contribution in [0.2, 0.25) is 0 Å². The summed E-state index contributed by atoms with van der Waals surface area (Å²) < 4.78 is 12.5. The summed E-state index contributed by atoms with van der Waals surface area (Å²) in [6.07, 6.45) is 4.21. The van der Waals surface area contributed by atoms with E-state index >= 15 is 0 Å². The molecule has 7 aromatic carbocycles. The number of rotatable bonds is 8. The van der Waals surface area contributed by atoms with Gasteiger partial charge in [-0.25, -0.2) is 0 Å². The number of carbonyl (C=O) groups excluding carboxylic acids is 1. The summed E-state index contributed by atoms with van der Waals surface area (Å²) in [6.45, 7) is 3.68. The smallest absolute Gasteiger partial charge is 0.259 e. The number of anilines is 3. The van der Waals surface area contributed by atoms with E-state index in [9.17, 15) is 9.90 Å². The van der Waals surface area contributed by atoms with Gasteiger partial charge in [0.1, 0.15) is 17.2 Å². The first kappa shape index (κ1) is 34.8. The van der Waals surface area contributed by atoms with Gasteiger partial charge in [0.2, 0.25) is 0 Å². The molecule has 0 bridgehead atoms. The fourth-order valence-electron chi connectivity index (χ4n) is 7.85. The number of phenols is 1.